The smallest absolute Gasteiger partial charge is 0.311 e. The van der Waals surface area contributed by atoms with Gasteiger partial charge in [0.2, 0.25) is 5.90 Å². The van der Waals surface area contributed by atoms with Gasteiger partial charge in [-0.15, -0.1) is 5.10 Å². The quantitative estimate of drug-likeness (QED) is 0.853. The highest BCUT2D eigenvalue weighted by atomic mass is 16.5. The molecule has 1 aliphatic heterocycles. The Kier molecular flexibility index (Phi) is 5.53. The highest BCUT2D eigenvalue weighted by molar-refractivity contribution is 5.89. The van der Waals surface area contributed by atoms with E-state index in [1.54, 1.807) is 0 Å². The van der Waals surface area contributed by atoms with E-state index in [9.17, 15) is 14.7 Å². The summed E-state index contributed by atoms with van der Waals surface area (Å²) in [6.07, 6.45) is 4.18. The number of benzene rings is 1. The molecule has 1 fully saturated rings. The summed E-state index contributed by atoms with van der Waals surface area (Å²) < 4.78 is 5.45. The maximum Gasteiger partial charge on any atom is 0.311 e. The van der Waals surface area contributed by atoms with Gasteiger partial charge in [-0.2, -0.15) is 0 Å². The molecule has 1 atom stereocenters. The Bertz CT molecular complexity index is 728. The molecule has 3 rings (SSSR count). The lowest BCUT2D eigenvalue weighted by Gasteiger charge is -2.29. The summed E-state index contributed by atoms with van der Waals surface area (Å²) in [7, 11) is 0. The molecule has 1 heterocycles. The van der Waals surface area contributed by atoms with E-state index >= 15 is 0 Å². The topological polar surface area (TPSA) is 79.2 Å². The highest BCUT2D eigenvalue weighted by Gasteiger charge is 2.32. The summed E-state index contributed by atoms with van der Waals surface area (Å²) in [4.78, 5) is 23.9. The first kappa shape index (κ1) is 19.4. The number of aliphatic carboxylic acids is 1. The SMILES string of the molecule is CC(C)(C)C1=NN(Cc2ccc(C(C(=O)O)C3CCCC3)cc2)C(=O)CO1. The Hall–Kier alpha value is -2.37. The molecule has 6 nitrogen and oxygen atoms in total. The van der Waals surface area contributed by atoms with Crippen molar-refractivity contribution in [1.82, 2.24) is 5.01 Å². The van der Waals surface area contributed by atoms with Crippen LogP contribution in [0.15, 0.2) is 29.4 Å². The van der Waals surface area contributed by atoms with Gasteiger partial charge in [0, 0.05) is 5.41 Å². The minimum Gasteiger partial charge on any atom is -0.481 e. The van der Waals surface area contributed by atoms with Crippen molar-refractivity contribution in [3.8, 4) is 0 Å². The third-order valence-electron chi connectivity index (χ3n) is 5.28. The van der Waals surface area contributed by atoms with Crippen molar-refractivity contribution in [2.45, 2.75) is 58.9 Å². The lowest BCUT2D eigenvalue weighted by atomic mass is 9.84. The van der Waals surface area contributed by atoms with Gasteiger partial charge < -0.3 is 9.84 Å². The molecule has 0 radical (unpaired) electrons. The van der Waals surface area contributed by atoms with Gasteiger partial charge in [-0.05, 0) is 29.9 Å². The molecule has 0 saturated heterocycles. The van der Waals surface area contributed by atoms with Gasteiger partial charge >= 0.3 is 5.97 Å². The van der Waals surface area contributed by atoms with Crippen LogP contribution in [-0.2, 0) is 20.9 Å². The van der Waals surface area contributed by atoms with Gasteiger partial charge in [-0.25, -0.2) is 5.01 Å². The molecule has 2 aliphatic rings. The van der Waals surface area contributed by atoms with E-state index in [2.05, 4.69) is 5.10 Å². The van der Waals surface area contributed by atoms with E-state index in [-0.39, 0.29) is 23.8 Å². The van der Waals surface area contributed by atoms with Crippen LogP contribution in [0.4, 0.5) is 0 Å². The fraction of sp³-hybridized carbons (Fsp3) is 0.571. The molecule has 1 saturated carbocycles. The van der Waals surface area contributed by atoms with E-state index in [0.717, 1.165) is 36.8 Å². The predicted octanol–water partition coefficient (Wildman–Crippen LogP) is 3.76. The number of amides is 1. The van der Waals surface area contributed by atoms with Crippen LogP contribution in [0.25, 0.3) is 0 Å². The zero-order valence-electron chi connectivity index (χ0n) is 16.3. The lowest BCUT2D eigenvalue weighted by molar-refractivity contribution is -0.140. The van der Waals surface area contributed by atoms with Crippen molar-refractivity contribution in [2.24, 2.45) is 16.4 Å². The molecule has 1 N–H and O–H groups in total. The van der Waals surface area contributed by atoms with Crippen LogP contribution >= 0.6 is 0 Å². The normalized spacial score (nSPS) is 19.6. The Morgan fingerprint density at radius 1 is 1.26 bits per heavy atom. The summed E-state index contributed by atoms with van der Waals surface area (Å²) >= 11 is 0. The molecule has 1 aromatic rings. The number of carboxylic acids is 1. The summed E-state index contributed by atoms with van der Waals surface area (Å²) in [5.41, 5.74) is 1.49. The number of hydrogen-bond donors (Lipinski definition) is 1. The van der Waals surface area contributed by atoms with Crippen molar-refractivity contribution in [2.75, 3.05) is 6.61 Å². The number of rotatable bonds is 5. The maximum absolute atomic E-state index is 12.1. The van der Waals surface area contributed by atoms with Gasteiger partial charge in [0.25, 0.3) is 5.91 Å². The van der Waals surface area contributed by atoms with E-state index in [0.29, 0.717) is 12.4 Å². The number of hydrogen-bond acceptors (Lipinski definition) is 4. The van der Waals surface area contributed by atoms with Crippen LogP contribution < -0.4 is 0 Å². The molecule has 0 bridgehead atoms. The maximum atomic E-state index is 12.1. The second kappa shape index (κ2) is 7.71. The zero-order valence-corrected chi connectivity index (χ0v) is 16.3. The third-order valence-corrected chi connectivity index (χ3v) is 5.28. The summed E-state index contributed by atoms with van der Waals surface area (Å²) in [5, 5.41) is 15.5. The molecule has 6 heteroatoms. The number of ether oxygens (including phenoxy) is 1. The number of nitrogens with zero attached hydrogens (tertiary/aromatic N) is 2. The Labute approximate surface area is 160 Å². The highest BCUT2D eigenvalue weighted by Crippen LogP contribution is 2.37. The first-order valence-electron chi connectivity index (χ1n) is 9.59. The van der Waals surface area contributed by atoms with Gasteiger partial charge in [0.15, 0.2) is 6.61 Å². The van der Waals surface area contributed by atoms with Gasteiger partial charge in [0.1, 0.15) is 0 Å². The van der Waals surface area contributed by atoms with Crippen LogP contribution in [0, 0.1) is 11.3 Å². The Morgan fingerprint density at radius 3 is 2.44 bits per heavy atom. The van der Waals surface area contributed by atoms with Crippen LogP contribution in [0.3, 0.4) is 0 Å². The molecule has 1 unspecified atom stereocenters. The lowest BCUT2D eigenvalue weighted by Crippen LogP contribution is -2.40. The minimum atomic E-state index is -0.752. The van der Waals surface area contributed by atoms with Crippen LogP contribution in [0.2, 0.25) is 0 Å². The largest absolute Gasteiger partial charge is 0.481 e. The molecule has 27 heavy (non-hydrogen) atoms. The second-order valence-electron chi connectivity index (χ2n) is 8.50. The molecular weight excluding hydrogens is 344 g/mol. The van der Waals surface area contributed by atoms with Crippen molar-refractivity contribution in [3.05, 3.63) is 35.4 Å². The van der Waals surface area contributed by atoms with E-state index in [1.165, 1.54) is 5.01 Å². The van der Waals surface area contributed by atoms with E-state index in [4.69, 9.17) is 4.74 Å². The average molecular weight is 372 g/mol. The summed E-state index contributed by atoms with van der Waals surface area (Å²) in [5.74, 6) is -0.616. The standard InChI is InChI=1S/C21H28N2O4/c1-21(2,3)20-22-23(17(24)13-27-20)12-14-8-10-16(11-9-14)18(19(25)26)15-6-4-5-7-15/h8-11,15,18H,4-7,12-13H2,1-3H3,(H,25,26). The van der Waals surface area contributed by atoms with Crippen LogP contribution in [-0.4, -0.2) is 34.5 Å². The molecule has 0 aromatic heterocycles. The van der Waals surface area contributed by atoms with Gasteiger partial charge in [-0.3, -0.25) is 9.59 Å². The van der Waals surface area contributed by atoms with E-state index < -0.39 is 11.9 Å². The molecule has 146 valence electrons. The average Bonchev–Trinajstić information content (AvgIpc) is 3.11. The molecule has 1 aliphatic carbocycles. The van der Waals surface area contributed by atoms with Crippen LogP contribution in [0.1, 0.15) is 63.5 Å². The first-order chi connectivity index (χ1) is 12.8. The van der Waals surface area contributed by atoms with Crippen LogP contribution in [0.5, 0.6) is 0 Å². The first-order valence-corrected chi connectivity index (χ1v) is 9.59. The van der Waals surface area contributed by atoms with Gasteiger partial charge in [-0.1, -0.05) is 57.9 Å². The summed E-state index contributed by atoms with van der Waals surface area (Å²) in [6, 6.07) is 7.56. The zero-order chi connectivity index (χ0) is 19.6. The van der Waals surface area contributed by atoms with Crippen molar-refractivity contribution in [1.29, 1.82) is 0 Å². The number of carbonyl (C=O) groups is 2. The van der Waals surface area contributed by atoms with Crippen molar-refractivity contribution in [3.63, 3.8) is 0 Å². The fourth-order valence-electron chi connectivity index (χ4n) is 3.80. The van der Waals surface area contributed by atoms with Crippen molar-refractivity contribution >= 4 is 17.8 Å². The van der Waals surface area contributed by atoms with Gasteiger partial charge in [0.05, 0.1) is 12.5 Å². The number of hydrazone groups is 1. The Balaban J connectivity index is 1.75. The van der Waals surface area contributed by atoms with E-state index in [1.807, 2.05) is 45.0 Å². The Morgan fingerprint density at radius 2 is 1.89 bits per heavy atom. The molecule has 1 amide bonds. The molecule has 0 spiro atoms. The third kappa shape index (κ3) is 4.49. The minimum absolute atomic E-state index is 0.00302. The molecule has 1 aromatic carbocycles. The molecular formula is C21H28N2O4. The monoisotopic (exact) mass is 372 g/mol. The fourth-order valence-corrected chi connectivity index (χ4v) is 3.80. The van der Waals surface area contributed by atoms with Crippen molar-refractivity contribution < 1.29 is 19.4 Å². The second-order valence-corrected chi connectivity index (χ2v) is 8.50. The number of carboxylic acid groups (broad SMARTS) is 1. The number of carbonyl (C=O) groups excluding carboxylic acids is 1. The summed E-state index contributed by atoms with van der Waals surface area (Å²) in [6.45, 7) is 6.32. The predicted molar refractivity (Wildman–Crippen MR) is 102 cm³/mol.